The van der Waals surface area contributed by atoms with Crippen molar-refractivity contribution >= 4 is 17.9 Å². The molecule has 8 nitrogen and oxygen atoms in total. The molecule has 0 rings (SSSR count). The molecule has 20 heavy (non-hydrogen) atoms. The molecule has 0 spiro atoms. The van der Waals surface area contributed by atoms with Crippen molar-refractivity contribution in [3.8, 4) is 0 Å². The van der Waals surface area contributed by atoms with E-state index in [1.165, 1.54) is 6.92 Å². The van der Waals surface area contributed by atoms with Crippen LogP contribution < -0.4 is 16.0 Å². The van der Waals surface area contributed by atoms with Crippen molar-refractivity contribution in [2.75, 3.05) is 6.61 Å². The van der Waals surface area contributed by atoms with Crippen molar-refractivity contribution in [1.29, 1.82) is 0 Å². The summed E-state index contributed by atoms with van der Waals surface area (Å²) in [5.41, 5.74) is -0.427. The average Bonchev–Trinajstić information content (AvgIpc) is 2.25. The molecule has 0 fully saturated rings. The van der Waals surface area contributed by atoms with Crippen molar-refractivity contribution < 1.29 is 24.6 Å². The number of aliphatic hydroxyl groups is 1. The van der Waals surface area contributed by atoms with E-state index >= 15 is 0 Å². The first-order valence-corrected chi connectivity index (χ1v) is 6.29. The summed E-state index contributed by atoms with van der Waals surface area (Å²) >= 11 is 0. The summed E-state index contributed by atoms with van der Waals surface area (Å²) in [5.74, 6) is -1.62. The Hall–Kier alpha value is -1.83. The maximum Gasteiger partial charge on any atom is 0.326 e. The Morgan fingerprint density at radius 1 is 1.15 bits per heavy atom. The quantitative estimate of drug-likeness (QED) is 0.447. The summed E-state index contributed by atoms with van der Waals surface area (Å²) in [4.78, 5) is 34.1. The first-order valence-electron chi connectivity index (χ1n) is 6.29. The molecule has 0 aromatic carbocycles. The third kappa shape index (κ3) is 7.57. The maximum atomic E-state index is 11.7. The summed E-state index contributed by atoms with van der Waals surface area (Å²) in [6.07, 6.45) is -0.106. The van der Waals surface area contributed by atoms with Gasteiger partial charge in [-0.15, -0.1) is 0 Å². The van der Waals surface area contributed by atoms with Crippen molar-refractivity contribution in [2.24, 2.45) is 0 Å². The zero-order valence-electron chi connectivity index (χ0n) is 12.2. The van der Waals surface area contributed by atoms with E-state index < -0.39 is 29.6 Å². The normalized spacial score (nSPS) is 14.1. The molecule has 2 atom stereocenters. The zero-order chi connectivity index (χ0) is 15.9. The van der Waals surface area contributed by atoms with Gasteiger partial charge in [0.25, 0.3) is 0 Å². The van der Waals surface area contributed by atoms with Gasteiger partial charge in [-0.1, -0.05) is 0 Å². The highest BCUT2D eigenvalue weighted by atomic mass is 16.4. The summed E-state index contributed by atoms with van der Waals surface area (Å²) in [6, 6.07) is -2.78. The lowest BCUT2D eigenvalue weighted by Crippen LogP contribution is -2.54. The van der Waals surface area contributed by atoms with Gasteiger partial charge in [-0.2, -0.15) is 0 Å². The first kappa shape index (κ1) is 18.2. The number of hydrogen-bond donors (Lipinski definition) is 5. The fourth-order valence-corrected chi connectivity index (χ4v) is 1.33. The third-order valence-corrected chi connectivity index (χ3v) is 2.26. The second-order valence-electron chi connectivity index (χ2n) is 5.48. The van der Waals surface area contributed by atoms with E-state index in [0.29, 0.717) is 0 Å². The Balaban J connectivity index is 4.38. The predicted octanol–water partition coefficient (Wildman–Crippen LogP) is -0.576. The molecule has 0 radical (unpaired) electrons. The van der Waals surface area contributed by atoms with E-state index in [2.05, 4.69) is 16.0 Å². The highest BCUT2D eigenvalue weighted by Gasteiger charge is 2.23. The van der Waals surface area contributed by atoms with Crippen molar-refractivity contribution in [3.63, 3.8) is 0 Å². The Morgan fingerprint density at radius 3 is 2.10 bits per heavy atom. The van der Waals surface area contributed by atoms with Gasteiger partial charge in [0.05, 0.1) is 0 Å². The molecule has 0 heterocycles. The molecular weight excluding hydrogens is 266 g/mol. The Bertz CT molecular complexity index is 365. The van der Waals surface area contributed by atoms with E-state index in [4.69, 9.17) is 10.2 Å². The van der Waals surface area contributed by atoms with E-state index in [0.717, 1.165) is 0 Å². The molecule has 3 amide bonds. The second-order valence-corrected chi connectivity index (χ2v) is 5.48. The fourth-order valence-electron chi connectivity index (χ4n) is 1.33. The number of rotatable bonds is 6. The molecule has 1 unspecified atom stereocenters. The number of aliphatic carboxylic acids is 1. The van der Waals surface area contributed by atoms with Gasteiger partial charge < -0.3 is 26.2 Å². The largest absolute Gasteiger partial charge is 0.480 e. The number of nitrogens with one attached hydrogen (secondary N) is 3. The summed E-state index contributed by atoms with van der Waals surface area (Å²) in [6.45, 7) is 6.54. The predicted molar refractivity (Wildman–Crippen MR) is 72.2 cm³/mol. The Morgan fingerprint density at radius 2 is 1.70 bits per heavy atom. The van der Waals surface area contributed by atoms with Crippen molar-refractivity contribution in [1.82, 2.24) is 16.0 Å². The summed E-state index contributed by atoms with van der Waals surface area (Å²) in [7, 11) is 0. The number of carbonyl (C=O) groups excluding carboxylic acids is 2. The lowest BCUT2D eigenvalue weighted by Gasteiger charge is -2.24. The van der Waals surface area contributed by atoms with Crippen LogP contribution >= 0.6 is 0 Å². The second kappa shape index (κ2) is 7.68. The highest BCUT2D eigenvalue weighted by Crippen LogP contribution is 1.99. The summed E-state index contributed by atoms with van der Waals surface area (Å²) in [5, 5.41) is 24.7. The lowest BCUT2D eigenvalue weighted by molar-refractivity contribution is -0.139. The number of carboxylic acids is 1. The lowest BCUT2D eigenvalue weighted by atomic mass is 10.1. The van der Waals surface area contributed by atoms with Gasteiger partial charge in [0.2, 0.25) is 5.91 Å². The third-order valence-electron chi connectivity index (χ3n) is 2.26. The smallest absolute Gasteiger partial charge is 0.326 e. The van der Waals surface area contributed by atoms with Gasteiger partial charge in [-0.3, -0.25) is 4.79 Å². The number of hydrogen-bond acceptors (Lipinski definition) is 4. The molecule has 0 aromatic heterocycles. The molecular formula is C12H23N3O5. The molecule has 0 aliphatic rings. The van der Waals surface area contributed by atoms with Crippen LogP contribution in [0.2, 0.25) is 0 Å². The van der Waals surface area contributed by atoms with E-state index in [1.54, 1.807) is 20.8 Å². The standard InChI is InChI=1S/C12H23N3O5/c1-7(9(17)15-12(2,3)4)13-11(20)14-8(5-6-16)10(18)19/h7-8,16H,5-6H2,1-4H3,(H,15,17)(H,18,19)(H2,13,14,20)/t7?,8-/m0/s1. The van der Waals surface area contributed by atoms with Gasteiger partial charge in [0, 0.05) is 18.6 Å². The molecule has 0 aromatic rings. The molecule has 116 valence electrons. The average molecular weight is 289 g/mol. The van der Waals surface area contributed by atoms with Crippen molar-refractivity contribution in [3.05, 3.63) is 0 Å². The number of urea groups is 1. The first-order chi connectivity index (χ1) is 9.06. The molecule has 0 saturated heterocycles. The van der Waals surface area contributed by atoms with Crippen LogP contribution in [0.3, 0.4) is 0 Å². The molecule has 5 N–H and O–H groups in total. The van der Waals surface area contributed by atoms with Crippen LogP contribution in [0.5, 0.6) is 0 Å². The number of aliphatic hydroxyl groups excluding tert-OH is 1. The van der Waals surface area contributed by atoms with Gasteiger partial charge >= 0.3 is 12.0 Å². The van der Waals surface area contributed by atoms with Gasteiger partial charge in [-0.25, -0.2) is 9.59 Å². The van der Waals surface area contributed by atoms with Crippen LogP contribution in [-0.2, 0) is 9.59 Å². The van der Waals surface area contributed by atoms with Crippen LogP contribution in [0.1, 0.15) is 34.1 Å². The van der Waals surface area contributed by atoms with E-state index in [-0.39, 0.29) is 18.9 Å². The molecule has 0 bridgehead atoms. The van der Waals surface area contributed by atoms with Gasteiger partial charge in [-0.05, 0) is 27.7 Å². The summed E-state index contributed by atoms with van der Waals surface area (Å²) < 4.78 is 0. The molecule has 0 aliphatic carbocycles. The minimum Gasteiger partial charge on any atom is -0.480 e. The fraction of sp³-hybridized carbons (Fsp3) is 0.750. The monoisotopic (exact) mass is 289 g/mol. The Labute approximate surface area is 117 Å². The van der Waals surface area contributed by atoms with Crippen molar-refractivity contribution in [2.45, 2.75) is 51.7 Å². The van der Waals surface area contributed by atoms with Crippen LogP contribution in [0.15, 0.2) is 0 Å². The zero-order valence-corrected chi connectivity index (χ0v) is 12.2. The molecule has 0 saturated carbocycles. The maximum absolute atomic E-state index is 11.7. The number of amides is 3. The van der Waals surface area contributed by atoms with Crippen LogP contribution in [0, 0.1) is 0 Å². The topological polar surface area (TPSA) is 128 Å². The van der Waals surface area contributed by atoms with Crippen LogP contribution in [0.4, 0.5) is 4.79 Å². The minimum atomic E-state index is -1.25. The highest BCUT2D eigenvalue weighted by molar-refractivity contribution is 5.88. The van der Waals surface area contributed by atoms with Crippen LogP contribution in [-0.4, -0.2) is 52.4 Å². The van der Waals surface area contributed by atoms with Gasteiger partial charge in [0.15, 0.2) is 0 Å². The Kier molecular flexibility index (Phi) is 6.98. The van der Waals surface area contributed by atoms with Gasteiger partial charge in [0.1, 0.15) is 12.1 Å². The van der Waals surface area contributed by atoms with E-state index in [1.807, 2.05) is 0 Å². The molecule has 0 aliphatic heterocycles. The van der Waals surface area contributed by atoms with E-state index in [9.17, 15) is 14.4 Å². The number of carboxylic acid groups (broad SMARTS) is 1. The minimum absolute atomic E-state index is 0.106. The number of carbonyl (C=O) groups is 3. The SMILES string of the molecule is CC(NC(=O)N[C@@H](CCO)C(=O)O)C(=O)NC(C)(C)C. The molecule has 8 heteroatoms. The van der Waals surface area contributed by atoms with Crippen LogP contribution in [0.25, 0.3) is 0 Å².